The van der Waals surface area contributed by atoms with Gasteiger partial charge in [-0.25, -0.2) is 0 Å². The first-order valence-electron chi connectivity index (χ1n) is 8.67. The zero-order valence-electron chi connectivity index (χ0n) is 15.6. The highest BCUT2D eigenvalue weighted by Crippen LogP contribution is 2.18. The van der Waals surface area contributed by atoms with Gasteiger partial charge in [-0.15, -0.1) is 0 Å². The van der Waals surface area contributed by atoms with Gasteiger partial charge in [0.05, 0.1) is 19.8 Å². The summed E-state index contributed by atoms with van der Waals surface area (Å²) >= 11 is 0. The summed E-state index contributed by atoms with van der Waals surface area (Å²) in [4.78, 5) is 23.4. The van der Waals surface area contributed by atoms with E-state index in [4.69, 9.17) is 9.47 Å². The maximum atomic E-state index is 11.7. The molecule has 0 atom stereocenters. The Labute approximate surface area is 141 Å². The van der Waals surface area contributed by atoms with Crippen LogP contribution in [0.3, 0.4) is 0 Å². The van der Waals surface area contributed by atoms with E-state index in [2.05, 4.69) is 19.2 Å². The van der Waals surface area contributed by atoms with Crippen LogP contribution >= 0.6 is 0 Å². The first kappa shape index (κ1) is 22.2. The van der Waals surface area contributed by atoms with Gasteiger partial charge >= 0.3 is 0 Å². The molecule has 23 heavy (non-hydrogen) atoms. The number of carbonyl (C=O) groups is 2. The summed E-state index contributed by atoms with van der Waals surface area (Å²) in [5.41, 5.74) is -0.353. The van der Waals surface area contributed by atoms with Crippen molar-refractivity contribution in [2.45, 2.75) is 66.3 Å². The van der Waals surface area contributed by atoms with Gasteiger partial charge in [0.1, 0.15) is 11.6 Å². The Morgan fingerprint density at radius 3 is 2.09 bits per heavy atom. The molecule has 0 heterocycles. The minimum Gasteiger partial charge on any atom is -0.379 e. The van der Waals surface area contributed by atoms with Crippen LogP contribution in [0.1, 0.15) is 60.3 Å². The molecule has 0 saturated heterocycles. The Morgan fingerprint density at radius 1 is 0.913 bits per heavy atom. The van der Waals surface area contributed by atoms with E-state index in [0.717, 1.165) is 6.54 Å². The van der Waals surface area contributed by atoms with Gasteiger partial charge in [0.2, 0.25) is 0 Å². The van der Waals surface area contributed by atoms with E-state index in [1.54, 1.807) is 0 Å². The van der Waals surface area contributed by atoms with Gasteiger partial charge in [-0.05, 0) is 6.42 Å². The minimum absolute atomic E-state index is 0.141. The molecule has 136 valence electrons. The second kappa shape index (κ2) is 12.6. The van der Waals surface area contributed by atoms with E-state index in [9.17, 15) is 9.59 Å². The third-order valence-electron chi connectivity index (χ3n) is 3.38. The lowest BCUT2D eigenvalue weighted by molar-refractivity contribution is -0.129. The van der Waals surface area contributed by atoms with Crippen molar-refractivity contribution in [2.75, 3.05) is 33.0 Å². The van der Waals surface area contributed by atoms with E-state index < -0.39 is 0 Å². The van der Waals surface area contributed by atoms with Crippen molar-refractivity contribution in [3.8, 4) is 0 Å². The van der Waals surface area contributed by atoms with Crippen molar-refractivity contribution >= 4 is 11.6 Å². The number of hydrogen-bond acceptors (Lipinski definition) is 5. The molecule has 0 aromatic rings. The van der Waals surface area contributed by atoms with Crippen molar-refractivity contribution in [3.63, 3.8) is 0 Å². The molecule has 0 aromatic heterocycles. The fourth-order valence-electron chi connectivity index (χ4n) is 1.87. The van der Waals surface area contributed by atoms with Crippen molar-refractivity contribution in [1.82, 2.24) is 5.32 Å². The summed E-state index contributed by atoms with van der Waals surface area (Å²) in [6.07, 6.45) is 1.89. The molecular formula is C18H35NO4. The number of nitrogens with one attached hydrogen (secondary N) is 1. The number of carbonyl (C=O) groups excluding carboxylic acids is 2. The zero-order valence-corrected chi connectivity index (χ0v) is 15.6. The van der Waals surface area contributed by atoms with E-state index in [-0.39, 0.29) is 17.0 Å². The van der Waals surface area contributed by atoms with Crippen LogP contribution in [-0.2, 0) is 19.1 Å². The van der Waals surface area contributed by atoms with Gasteiger partial charge in [-0.1, -0.05) is 34.6 Å². The lowest BCUT2D eigenvalue weighted by Crippen LogP contribution is -2.27. The Morgan fingerprint density at radius 2 is 1.52 bits per heavy atom. The summed E-state index contributed by atoms with van der Waals surface area (Å²) in [6.45, 7) is 13.1. The molecule has 1 N–H and O–H groups in total. The van der Waals surface area contributed by atoms with Gasteiger partial charge in [0.25, 0.3) is 0 Å². The Balaban J connectivity index is 3.38. The standard InChI is InChI=1S/C18H35NO4/c1-15(2)19-10-12-23-14-13-22-11-6-7-16(20)8-9-17(21)18(3,4)5/h15,19H,6-14H2,1-5H3. The van der Waals surface area contributed by atoms with Crippen LogP contribution in [0.5, 0.6) is 0 Å². The lowest BCUT2D eigenvalue weighted by Gasteiger charge is -2.15. The minimum atomic E-state index is -0.353. The van der Waals surface area contributed by atoms with Gasteiger partial charge in [-0.2, -0.15) is 0 Å². The fourth-order valence-corrected chi connectivity index (χ4v) is 1.87. The van der Waals surface area contributed by atoms with Crippen molar-refractivity contribution in [1.29, 1.82) is 0 Å². The average Bonchev–Trinajstić information content (AvgIpc) is 2.45. The van der Waals surface area contributed by atoms with Crippen molar-refractivity contribution < 1.29 is 19.1 Å². The molecule has 0 aliphatic heterocycles. The maximum Gasteiger partial charge on any atom is 0.138 e. The highest BCUT2D eigenvalue weighted by atomic mass is 16.5. The largest absolute Gasteiger partial charge is 0.379 e. The van der Waals surface area contributed by atoms with Crippen molar-refractivity contribution in [2.24, 2.45) is 5.41 Å². The van der Waals surface area contributed by atoms with Crippen LogP contribution in [0, 0.1) is 5.41 Å². The van der Waals surface area contributed by atoms with Gasteiger partial charge in [0.15, 0.2) is 0 Å². The molecule has 0 bridgehead atoms. The van der Waals surface area contributed by atoms with Gasteiger partial charge in [0, 0.05) is 43.9 Å². The zero-order chi connectivity index (χ0) is 17.7. The normalized spacial score (nSPS) is 11.9. The van der Waals surface area contributed by atoms with Gasteiger partial charge < -0.3 is 14.8 Å². The monoisotopic (exact) mass is 329 g/mol. The third kappa shape index (κ3) is 14.5. The molecule has 0 saturated carbocycles. The number of ketones is 2. The molecule has 5 heteroatoms. The summed E-state index contributed by atoms with van der Waals surface area (Å²) in [7, 11) is 0. The SMILES string of the molecule is CC(C)NCCOCCOCCCC(=O)CCC(=O)C(C)(C)C. The molecule has 0 radical (unpaired) electrons. The van der Waals surface area contributed by atoms with Crippen LogP contribution in [-0.4, -0.2) is 50.6 Å². The van der Waals surface area contributed by atoms with Crippen LogP contribution < -0.4 is 5.32 Å². The molecule has 0 unspecified atom stereocenters. The Hall–Kier alpha value is -0.780. The number of rotatable bonds is 14. The second-order valence-electron chi connectivity index (χ2n) is 7.15. The molecule has 0 rings (SSSR count). The Kier molecular flexibility index (Phi) is 12.2. The molecule has 0 amide bonds. The molecule has 0 aliphatic carbocycles. The lowest BCUT2D eigenvalue weighted by atomic mass is 9.87. The smallest absolute Gasteiger partial charge is 0.138 e. The van der Waals surface area contributed by atoms with Crippen LogP contribution in [0.4, 0.5) is 0 Å². The topological polar surface area (TPSA) is 64.6 Å². The molecule has 0 aromatic carbocycles. The molecule has 5 nitrogen and oxygen atoms in total. The maximum absolute atomic E-state index is 11.7. The van der Waals surface area contributed by atoms with Crippen LogP contribution in [0.15, 0.2) is 0 Å². The first-order chi connectivity index (χ1) is 10.7. The first-order valence-corrected chi connectivity index (χ1v) is 8.67. The highest BCUT2D eigenvalue weighted by molar-refractivity contribution is 5.88. The number of hydrogen-bond donors (Lipinski definition) is 1. The summed E-state index contributed by atoms with van der Waals surface area (Å²) in [5.74, 6) is 0.286. The summed E-state index contributed by atoms with van der Waals surface area (Å²) in [6, 6.07) is 0.478. The van der Waals surface area contributed by atoms with Crippen LogP contribution in [0.25, 0.3) is 0 Å². The summed E-state index contributed by atoms with van der Waals surface area (Å²) in [5, 5.41) is 3.27. The molecule has 0 spiro atoms. The molecule has 0 fully saturated rings. The fraction of sp³-hybridized carbons (Fsp3) is 0.889. The van der Waals surface area contributed by atoms with E-state index >= 15 is 0 Å². The number of ether oxygens (including phenoxy) is 2. The highest BCUT2D eigenvalue weighted by Gasteiger charge is 2.21. The van der Waals surface area contributed by atoms with E-state index in [1.165, 1.54) is 0 Å². The molecule has 0 aliphatic rings. The quantitative estimate of drug-likeness (QED) is 0.496. The molecular weight excluding hydrogens is 294 g/mol. The average molecular weight is 329 g/mol. The second-order valence-corrected chi connectivity index (χ2v) is 7.15. The predicted octanol–water partition coefficient (Wildman–Crippen LogP) is 2.76. The van der Waals surface area contributed by atoms with Crippen LogP contribution in [0.2, 0.25) is 0 Å². The van der Waals surface area contributed by atoms with Gasteiger partial charge in [-0.3, -0.25) is 9.59 Å². The summed E-state index contributed by atoms with van der Waals surface area (Å²) < 4.78 is 10.8. The van der Waals surface area contributed by atoms with E-state index in [1.807, 2.05) is 20.8 Å². The van der Waals surface area contributed by atoms with Crippen molar-refractivity contribution in [3.05, 3.63) is 0 Å². The predicted molar refractivity (Wildman–Crippen MR) is 92.7 cm³/mol. The van der Waals surface area contributed by atoms with E-state index in [0.29, 0.717) is 58.2 Å². The Bertz CT molecular complexity index is 334. The third-order valence-corrected chi connectivity index (χ3v) is 3.38. The number of Topliss-reactive ketones (excluding diaryl/α,β-unsaturated/α-hetero) is 2.